The first-order valence-electron chi connectivity index (χ1n) is 10.1. The number of furan rings is 1. The Labute approximate surface area is 179 Å². The van der Waals surface area contributed by atoms with Crippen LogP contribution in [0, 0.1) is 0 Å². The molecule has 9 heteroatoms. The van der Waals surface area contributed by atoms with Crippen molar-refractivity contribution in [3.8, 4) is 5.69 Å². The minimum atomic E-state index is -3.26. The minimum Gasteiger partial charge on any atom is -0.468 e. The molecule has 0 N–H and O–H groups in total. The zero-order valence-electron chi connectivity index (χ0n) is 17.0. The molecule has 3 heterocycles. The number of aryl methyl sites for hydroxylation is 1. The van der Waals surface area contributed by atoms with E-state index in [4.69, 9.17) is 4.42 Å². The number of nitrogens with zero attached hydrogens (tertiary/aromatic N) is 3. The second kappa shape index (κ2) is 7.19. The van der Waals surface area contributed by atoms with Crippen LogP contribution in [0.2, 0.25) is 0 Å². The fourth-order valence-corrected chi connectivity index (χ4v) is 4.94. The Morgan fingerprint density at radius 3 is 2.65 bits per heavy atom. The van der Waals surface area contributed by atoms with Crippen LogP contribution in [0.5, 0.6) is 0 Å². The molecule has 0 fully saturated rings. The Morgan fingerprint density at radius 1 is 1.13 bits per heavy atom. The molecule has 3 aromatic rings. The molecule has 1 amide bonds. The van der Waals surface area contributed by atoms with Crippen LogP contribution < -0.4 is 0 Å². The summed E-state index contributed by atoms with van der Waals surface area (Å²) in [6.07, 6.45) is 6.81. The molecular weight excluding hydrogens is 418 g/mol. The predicted molar refractivity (Wildman–Crippen MR) is 111 cm³/mol. The summed E-state index contributed by atoms with van der Waals surface area (Å²) in [5, 5.41) is 4.46. The fraction of sp³-hybridized carbons (Fsp3) is 0.318. The van der Waals surface area contributed by atoms with Crippen molar-refractivity contribution in [3.05, 3.63) is 64.9 Å². The molecule has 0 saturated heterocycles. The number of aromatic nitrogens is 2. The lowest BCUT2D eigenvalue weighted by atomic mass is 9.93. The normalized spacial score (nSPS) is 16.2. The van der Waals surface area contributed by atoms with Crippen LogP contribution in [0.1, 0.15) is 50.6 Å². The summed E-state index contributed by atoms with van der Waals surface area (Å²) in [6, 6.07) is 6.59. The lowest BCUT2D eigenvalue weighted by Crippen LogP contribution is -2.36. The molecule has 31 heavy (non-hydrogen) atoms. The van der Waals surface area contributed by atoms with Gasteiger partial charge in [-0.15, -0.1) is 0 Å². The largest absolute Gasteiger partial charge is 0.468 e. The van der Waals surface area contributed by atoms with Crippen molar-refractivity contribution in [1.29, 1.82) is 0 Å². The number of hydrogen-bond acceptors (Lipinski definition) is 6. The molecule has 8 nitrogen and oxygen atoms in total. The van der Waals surface area contributed by atoms with Gasteiger partial charge < -0.3 is 9.32 Å². The van der Waals surface area contributed by atoms with E-state index in [9.17, 15) is 18.0 Å². The first kappa shape index (κ1) is 19.7. The lowest BCUT2D eigenvalue weighted by molar-refractivity contribution is 0.0728. The van der Waals surface area contributed by atoms with E-state index in [-0.39, 0.29) is 16.6 Å². The van der Waals surface area contributed by atoms with Crippen molar-refractivity contribution in [1.82, 2.24) is 14.7 Å². The average Bonchev–Trinajstić information content (AvgIpc) is 3.37. The van der Waals surface area contributed by atoms with E-state index in [0.29, 0.717) is 49.2 Å². The average molecular weight is 439 g/mol. The van der Waals surface area contributed by atoms with Gasteiger partial charge >= 0.3 is 0 Å². The van der Waals surface area contributed by atoms with Crippen LogP contribution in [-0.2, 0) is 29.2 Å². The maximum atomic E-state index is 13.1. The van der Waals surface area contributed by atoms with Crippen molar-refractivity contribution in [2.75, 3.05) is 12.8 Å². The Morgan fingerprint density at radius 2 is 1.90 bits per heavy atom. The van der Waals surface area contributed by atoms with Gasteiger partial charge in [-0.3, -0.25) is 9.59 Å². The second-order valence-corrected chi connectivity index (χ2v) is 10.0. The van der Waals surface area contributed by atoms with Crippen LogP contribution in [0.15, 0.2) is 46.0 Å². The molecule has 0 spiro atoms. The van der Waals surface area contributed by atoms with Gasteiger partial charge in [0.15, 0.2) is 15.6 Å². The smallest absolute Gasteiger partial charge is 0.258 e. The quantitative estimate of drug-likeness (QED) is 0.622. The third-order valence-electron chi connectivity index (χ3n) is 5.92. The molecule has 2 aliphatic rings. The maximum absolute atomic E-state index is 13.1. The number of fused-ring (bicyclic) bond motifs is 2. The van der Waals surface area contributed by atoms with Crippen LogP contribution in [-0.4, -0.2) is 47.6 Å². The summed E-state index contributed by atoms with van der Waals surface area (Å²) >= 11 is 0. The summed E-state index contributed by atoms with van der Waals surface area (Å²) in [7, 11) is -3.26. The third kappa shape index (κ3) is 3.38. The van der Waals surface area contributed by atoms with Crippen LogP contribution in [0.3, 0.4) is 0 Å². The van der Waals surface area contributed by atoms with Crippen molar-refractivity contribution >= 4 is 21.5 Å². The van der Waals surface area contributed by atoms with Gasteiger partial charge in [0.1, 0.15) is 12.0 Å². The molecule has 160 valence electrons. The Kier molecular flexibility index (Phi) is 4.58. The minimum absolute atomic E-state index is 0.0265. The maximum Gasteiger partial charge on any atom is 0.258 e. The highest BCUT2D eigenvalue weighted by molar-refractivity contribution is 7.90. The van der Waals surface area contributed by atoms with Gasteiger partial charge in [0.05, 0.1) is 33.6 Å². The number of benzene rings is 1. The number of rotatable bonds is 3. The van der Waals surface area contributed by atoms with Crippen molar-refractivity contribution in [3.63, 3.8) is 0 Å². The Bertz CT molecular complexity index is 1300. The van der Waals surface area contributed by atoms with Gasteiger partial charge in [0.2, 0.25) is 0 Å². The summed E-state index contributed by atoms with van der Waals surface area (Å²) in [4.78, 5) is 27.4. The Balaban J connectivity index is 1.39. The Hall–Kier alpha value is -3.20. The van der Waals surface area contributed by atoms with Gasteiger partial charge in [-0.05, 0) is 30.7 Å². The molecule has 0 unspecified atom stereocenters. The molecule has 1 aliphatic carbocycles. The van der Waals surface area contributed by atoms with Crippen LogP contribution in [0.4, 0.5) is 0 Å². The van der Waals surface area contributed by atoms with Gasteiger partial charge in [-0.2, -0.15) is 5.10 Å². The predicted octanol–water partition coefficient (Wildman–Crippen LogP) is 2.59. The summed E-state index contributed by atoms with van der Waals surface area (Å²) in [6.45, 7) is 0.886. The molecule has 0 saturated carbocycles. The summed E-state index contributed by atoms with van der Waals surface area (Å²) < 4.78 is 30.7. The first-order valence-corrected chi connectivity index (χ1v) is 12.0. The zero-order chi connectivity index (χ0) is 21.8. The van der Waals surface area contributed by atoms with Crippen molar-refractivity contribution in [2.45, 2.75) is 37.1 Å². The number of hydrogen-bond donors (Lipinski definition) is 0. The summed E-state index contributed by atoms with van der Waals surface area (Å²) in [5.41, 5.74) is 3.48. The molecule has 1 aliphatic heterocycles. The van der Waals surface area contributed by atoms with E-state index >= 15 is 0 Å². The molecule has 0 atom stereocenters. The van der Waals surface area contributed by atoms with E-state index in [2.05, 4.69) is 5.10 Å². The molecule has 2 aromatic heterocycles. The number of sulfone groups is 1. The van der Waals surface area contributed by atoms with Crippen LogP contribution >= 0.6 is 0 Å². The van der Waals surface area contributed by atoms with Gasteiger partial charge in [0, 0.05) is 44.2 Å². The number of carbonyl (C=O) groups excluding carboxylic acids is 2. The van der Waals surface area contributed by atoms with Crippen molar-refractivity contribution in [2.24, 2.45) is 0 Å². The molecule has 5 rings (SSSR count). The lowest BCUT2D eigenvalue weighted by Gasteiger charge is -2.27. The van der Waals surface area contributed by atoms with Gasteiger partial charge in [-0.1, -0.05) is 0 Å². The summed E-state index contributed by atoms with van der Waals surface area (Å²) in [5.74, 6) is 0.389. The van der Waals surface area contributed by atoms with E-state index in [1.165, 1.54) is 12.5 Å². The molecule has 0 radical (unpaired) electrons. The molecule has 0 bridgehead atoms. The molecule has 1 aromatic carbocycles. The highest BCUT2D eigenvalue weighted by atomic mass is 32.2. The number of Topliss-reactive ketones (excluding diaryl/α,β-unsaturated/α-hetero) is 1. The van der Waals surface area contributed by atoms with E-state index in [0.717, 1.165) is 23.4 Å². The molecular formula is C22H21N3O5S. The SMILES string of the molecule is CS(=O)(=O)c1ccc(-n2ncc3c2CCN(C(=O)c2coc4c2C(=O)CCC4)C3)cc1. The van der Waals surface area contributed by atoms with E-state index < -0.39 is 9.84 Å². The van der Waals surface area contributed by atoms with E-state index in [1.54, 1.807) is 40.0 Å². The first-order chi connectivity index (χ1) is 14.8. The number of ketones is 1. The number of amides is 1. The highest BCUT2D eigenvalue weighted by Gasteiger charge is 2.32. The standard InChI is InChI=1S/C22H21N3O5S/c1-31(28,29)16-7-5-15(6-8-16)25-18-9-10-24(12-14(18)11-23-25)22(27)17-13-30-20-4-2-3-19(26)21(17)20/h5-8,11,13H,2-4,9-10,12H2,1H3. The van der Waals surface area contributed by atoms with Gasteiger partial charge in [-0.25, -0.2) is 13.1 Å². The third-order valence-corrected chi connectivity index (χ3v) is 7.04. The second-order valence-electron chi connectivity index (χ2n) is 8.00. The monoisotopic (exact) mass is 439 g/mol. The number of carbonyl (C=O) groups is 2. The van der Waals surface area contributed by atoms with E-state index in [1.807, 2.05) is 0 Å². The van der Waals surface area contributed by atoms with Crippen molar-refractivity contribution < 1.29 is 22.4 Å². The van der Waals surface area contributed by atoms with Gasteiger partial charge in [0.25, 0.3) is 5.91 Å². The fourth-order valence-electron chi connectivity index (χ4n) is 4.31. The topological polar surface area (TPSA) is 102 Å². The highest BCUT2D eigenvalue weighted by Crippen LogP contribution is 2.29. The zero-order valence-corrected chi connectivity index (χ0v) is 17.8. The van der Waals surface area contributed by atoms with Crippen LogP contribution in [0.25, 0.3) is 5.69 Å².